The van der Waals surface area contributed by atoms with Gasteiger partial charge in [0.2, 0.25) is 12.7 Å². The average molecular weight is 536 g/mol. The number of nitrogens with zero attached hydrogens (tertiary/aromatic N) is 4. The highest BCUT2D eigenvalue weighted by molar-refractivity contribution is 5.94. The van der Waals surface area contributed by atoms with Crippen molar-refractivity contribution in [1.29, 1.82) is 0 Å². The number of carboxylic acid groups (broad SMARTS) is 1. The van der Waals surface area contributed by atoms with Crippen molar-refractivity contribution in [3.63, 3.8) is 0 Å². The van der Waals surface area contributed by atoms with E-state index in [0.717, 1.165) is 24.1 Å². The predicted octanol–water partition coefficient (Wildman–Crippen LogP) is 3.16. The molecule has 0 aliphatic carbocycles. The molecule has 10 nitrogen and oxygen atoms in total. The summed E-state index contributed by atoms with van der Waals surface area (Å²) < 4.78 is 18.4. The van der Waals surface area contributed by atoms with Crippen LogP contribution in [0.5, 0.6) is 11.5 Å². The van der Waals surface area contributed by atoms with E-state index in [9.17, 15) is 14.7 Å². The first-order valence-corrected chi connectivity index (χ1v) is 13.4. The Balaban J connectivity index is 1.43. The zero-order valence-electron chi connectivity index (χ0n) is 22.4. The van der Waals surface area contributed by atoms with Gasteiger partial charge in [-0.05, 0) is 36.6 Å². The molecule has 0 spiro atoms. The number of amides is 1. The molecule has 3 aromatic rings. The highest BCUT2D eigenvalue weighted by atomic mass is 16.7. The number of likely N-dealkylation sites (tertiary alicyclic amines) is 1. The molecule has 5 rings (SSSR count). The van der Waals surface area contributed by atoms with E-state index >= 15 is 0 Å². The number of anilines is 1. The molecule has 39 heavy (non-hydrogen) atoms. The van der Waals surface area contributed by atoms with Crippen LogP contribution in [0.4, 0.5) is 5.69 Å². The van der Waals surface area contributed by atoms with Crippen molar-refractivity contribution in [2.45, 2.75) is 44.6 Å². The van der Waals surface area contributed by atoms with Gasteiger partial charge >= 0.3 is 5.97 Å². The van der Waals surface area contributed by atoms with Gasteiger partial charge in [0.1, 0.15) is 19.0 Å². The number of oxazole rings is 1. The van der Waals surface area contributed by atoms with E-state index < -0.39 is 11.9 Å². The van der Waals surface area contributed by atoms with Crippen molar-refractivity contribution in [3.05, 3.63) is 66.6 Å². The highest BCUT2D eigenvalue weighted by Gasteiger charge is 2.47. The van der Waals surface area contributed by atoms with Crippen LogP contribution in [0, 0.1) is 5.92 Å². The number of aryl methyl sites for hydroxylation is 2. The van der Waals surface area contributed by atoms with Crippen molar-refractivity contribution in [2.75, 3.05) is 31.3 Å². The number of carbonyl (C=O) groups excluding carboxylic acids is 1. The van der Waals surface area contributed by atoms with E-state index in [2.05, 4.69) is 11.9 Å². The molecule has 2 aliphatic rings. The number of carboxylic acids is 1. The predicted molar refractivity (Wildman–Crippen MR) is 141 cm³/mol. The van der Waals surface area contributed by atoms with E-state index in [-0.39, 0.29) is 31.2 Å². The number of fused-ring (bicyclic) bond motifs is 1. The number of benzene rings is 1. The van der Waals surface area contributed by atoms with Crippen LogP contribution in [-0.2, 0) is 23.1 Å². The first-order valence-electron chi connectivity index (χ1n) is 13.4. The zero-order chi connectivity index (χ0) is 27.4. The monoisotopic (exact) mass is 535 g/mol. The second-order valence-electron chi connectivity index (χ2n) is 10.2. The van der Waals surface area contributed by atoms with Gasteiger partial charge in [-0.1, -0.05) is 19.4 Å². The second-order valence-corrected chi connectivity index (χ2v) is 10.2. The van der Waals surface area contributed by atoms with Gasteiger partial charge in [-0.2, -0.15) is 0 Å². The molecule has 4 heterocycles. The van der Waals surface area contributed by atoms with Crippen molar-refractivity contribution in [3.8, 4) is 11.5 Å². The Morgan fingerprint density at radius 1 is 1.23 bits per heavy atom. The summed E-state index contributed by atoms with van der Waals surface area (Å²) in [5.74, 6) is -0.152. The van der Waals surface area contributed by atoms with Crippen LogP contribution < -0.4 is 18.9 Å². The number of hydrogen-bond acceptors (Lipinski definition) is 7. The molecule has 2 aromatic heterocycles. The molecule has 0 radical (unpaired) electrons. The molecule has 0 saturated carbocycles. The summed E-state index contributed by atoms with van der Waals surface area (Å²) in [6, 6.07) is 9.08. The van der Waals surface area contributed by atoms with Crippen LogP contribution in [-0.4, -0.2) is 59.3 Å². The number of ether oxygens (including phenoxy) is 2. The largest absolute Gasteiger partial charge is 0.481 e. The average Bonchev–Trinajstić information content (AvgIpc) is 3.67. The Morgan fingerprint density at radius 3 is 2.82 bits per heavy atom. The number of rotatable bonds is 11. The Morgan fingerprint density at radius 2 is 2.08 bits per heavy atom. The Kier molecular flexibility index (Phi) is 8.11. The molecule has 206 valence electrons. The lowest BCUT2D eigenvalue weighted by Crippen LogP contribution is -2.45. The molecule has 3 atom stereocenters. The van der Waals surface area contributed by atoms with Crippen LogP contribution >= 0.6 is 0 Å². The van der Waals surface area contributed by atoms with E-state index in [1.807, 2.05) is 64.1 Å². The Labute approximate surface area is 227 Å². The van der Waals surface area contributed by atoms with Gasteiger partial charge in [0.05, 0.1) is 18.7 Å². The molecule has 1 amide bonds. The van der Waals surface area contributed by atoms with Crippen LogP contribution in [0.2, 0.25) is 0 Å². The van der Waals surface area contributed by atoms with E-state index in [0.29, 0.717) is 43.3 Å². The van der Waals surface area contributed by atoms with Crippen LogP contribution in [0.15, 0.2) is 59.6 Å². The summed E-state index contributed by atoms with van der Waals surface area (Å²) in [6.07, 6.45) is 9.77. The standard InChI is InChI=1S/C29H34N4O6/c1-3-4-13-33(21-6-5-12-31(2)16-21)27(34)18-32-17-22(20-7-9-24-25(15-20)39-19-38-24)28(29(35)36)23(32)8-10-26-30-11-14-37-26/h5-7,9,11-12,14-16,22-23,28H,3-4,8,10,13,17-19H2,1-2H3/p+1/t22-,23+,28?/m1/s1. The highest BCUT2D eigenvalue weighted by Crippen LogP contribution is 2.43. The van der Waals surface area contributed by atoms with E-state index in [4.69, 9.17) is 13.9 Å². The minimum absolute atomic E-state index is 0.0498. The summed E-state index contributed by atoms with van der Waals surface area (Å²) in [4.78, 5) is 34.6. The summed E-state index contributed by atoms with van der Waals surface area (Å²) >= 11 is 0. The number of carbonyl (C=O) groups is 2. The molecular weight excluding hydrogens is 500 g/mol. The third-order valence-electron chi connectivity index (χ3n) is 7.61. The maximum atomic E-state index is 13.8. The van der Waals surface area contributed by atoms with Crippen molar-refractivity contribution in [1.82, 2.24) is 9.88 Å². The number of hydrogen-bond donors (Lipinski definition) is 1. The molecule has 1 aromatic carbocycles. The molecule has 10 heteroatoms. The van der Waals surface area contributed by atoms with Gasteiger partial charge < -0.3 is 23.9 Å². The minimum atomic E-state index is -0.886. The molecule has 0 bridgehead atoms. The fourth-order valence-electron chi connectivity index (χ4n) is 5.69. The molecule has 2 aliphatic heterocycles. The summed E-state index contributed by atoms with van der Waals surface area (Å²) in [5.41, 5.74) is 1.69. The van der Waals surface area contributed by atoms with Crippen LogP contribution in [0.1, 0.15) is 43.6 Å². The third kappa shape index (κ3) is 5.90. The molecule has 1 saturated heterocycles. The number of aromatic nitrogens is 2. The Hall–Kier alpha value is -3.92. The minimum Gasteiger partial charge on any atom is -0.481 e. The van der Waals surface area contributed by atoms with Gasteiger partial charge in [-0.15, -0.1) is 0 Å². The van der Waals surface area contributed by atoms with E-state index in [1.54, 1.807) is 6.20 Å². The smallest absolute Gasteiger partial charge is 0.308 e. The van der Waals surface area contributed by atoms with Crippen molar-refractivity contribution in [2.24, 2.45) is 13.0 Å². The maximum absolute atomic E-state index is 13.8. The SMILES string of the molecule is CCCCN(C(=O)CN1C[C@H](c2ccc3c(c2)OCO3)C(C(=O)O)[C@@H]1CCc1ncco1)c1ccc[n+](C)c1. The molecular formula is C29H35N4O6+. The van der Waals surface area contributed by atoms with Gasteiger partial charge in [0, 0.05) is 37.5 Å². The van der Waals surface area contributed by atoms with Gasteiger partial charge in [-0.3, -0.25) is 14.5 Å². The number of aliphatic carboxylic acids is 1. The van der Waals surface area contributed by atoms with Crippen molar-refractivity contribution < 1.29 is 33.2 Å². The zero-order valence-corrected chi connectivity index (χ0v) is 22.4. The van der Waals surface area contributed by atoms with Crippen molar-refractivity contribution >= 4 is 17.6 Å². The summed E-state index contributed by atoms with van der Waals surface area (Å²) in [7, 11) is 1.93. The van der Waals surface area contributed by atoms with Gasteiger partial charge in [0.15, 0.2) is 29.8 Å². The summed E-state index contributed by atoms with van der Waals surface area (Å²) in [6.45, 7) is 3.39. The third-order valence-corrected chi connectivity index (χ3v) is 7.61. The molecule has 1 fully saturated rings. The van der Waals surface area contributed by atoms with Gasteiger partial charge in [-0.25, -0.2) is 9.55 Å². The maximum Gasteiger partial charge on any atom is 0.308 e. The molecule has 1 unspecified atom stereocenters. The summed E-state index contributed by atoms with van der Waals surface area (Å²) in [5, 5.41) is 10.4. The second kappa shape index (κ2) is 11.9. The first-order chi connectivity index (χ1) is 18.9. The fraction of sp³-hybridized carbons (Fsp3) is 0.448. The first kappa shape index (κ1) is 26.7. The number of unbranched alkanes of at least 4 members (excludes halogenated alkanes) is 1. The fourth-order valence-corrected chi connectivity index (χ4v) is 5.69. The van der Waals surface area contributed by atoms with Gasteiger partial charge in [0.25, 0.3) is 0 Å². The normalized spacial score (nSPS) is 20.3. The lowest BCUT2D eigenvalue weighted by molar-refractivity contribution is -0.670. The topological polar surface area (TPSA) is 109 Å². The van der Waals surface area contributed by atoms with Crippen LogP contribution in [0.25, 0.3) is 0 Å². The lowest BCUT2D eigenvalue weighted by atomic mass is 9.83. The Bertz CT molecular complexity index is 1300. The quantitative estimate of drug-likeness (QED) is 0.373. The number of pyridine rings is 1. The lowest BCUT2D eigenvalue weighted by Gasteiger charge is -2.29. The van der Waals surface area contributed by atoms with E-state index in [1.165, 1.54) is 6.26 Å². The van der Waals surface area contributed by atoms with Crippen LogP contribution in [0.3, 0.4) is 0 Å². The molecule has 1 N–H and O–H groups in total.